The Morgan fingerprint density at radius 2 is 2.05 bits per heavy atom. The summed E-state index contributed by atoms with van der Waals surface area (Å²) < 4.78 is 40.3. The van der Waals surface area contributed by atoms with Crippen molar-refractivity contribution in [3.63, 3.8) is 0 Å². The molecule has 1 aromatic heterocycles. The predicted molar refractivity (Wildman–Crippen MR) is 65.3 cm³/mol. The highest BCUT2D eigenvalue weighted by atomic mass is 19.4. The molecule has 1 aromatic carbocycles. The summed E-state index contributed by atoms with van der Waals surface area (Å²) in [6.45, 7) is 2.32. The standard InChI is InChI=1S/C13H11F3N2O2/c1-2-18-11(5-6-17-18)8-3-4-9(12(19)20)10(7-8)13(14,15)16/h3-7H,2H2,1H3,(H,19,20). The third kappa shape index (κ3) is 2.52. The van der Waals surface area contributed by atoms with Gasteiger partial charge in [0.2, 0.25) is 0 Å². The second-order valence-electron chi connectivity index (χ2n) is 4.10. The molecule has 0 aliphatic heterocycles. The van der Waals surface area contributed by atoms with Crippen molar-refractivity contribution in [1.29, 1.82) is 0 Å². The van der Waals surface area contributed by atoms with E-state index < -0.39 is 23.3 Å². The lowest BCUT2D eigenvalue weighted by Crippen LogP contribution is -2.13. The van der Waals surface area contributed by atoms with Crippen molar-refractivity contribution >= 4 is 5.97 Å². The van der Waals surface area contributed by atoms with E-state index in [1.54, 1.807) is 6.07 Å². The number of aromatic nitrogens is 2. The topological polar surface area (TPSA) is 55.1 Å². The molecule has 20 heavy (non-hydrogen) atoms. The fourth-order valence-electron chi connectivity index (χ4n) is 1.95. The third-order valence-electron chi connectivity index (χ3n) is 2.87. The zero-order chi connectivity index (χ0) is 14.9. The summed E-state index contributed by atoms with van der Waals surface area (Å²) in [5, 5.41) is 12.8. The number of aromatic carboxylic acids is 1. The van der Waals surface area contributed by atoms with E-state index in [1.807, 2.05) is 6.92 Å². The Kier molecular flexibility index (Phi) is 3.52. The number of carbonyl (C=O) groups is 1. The summed E-state index contributed by atoms with van der Waals surface area (Å²) in [6.07, 6.45) is -3.24. The summed E-state index contributed by atoms with van der Waals surface area (Å²) in [5.74, 6) is -1.60. The van der Waals surface area contributed by atoms with Crippen molar-refractivity contribution in [1.82, 2.24) is 9.78 Å². The van der Waals surface area contributed by atoms with E-state index in [2.05, 4.69) is 5.10 Å². The number of benzene rings is 1. The molecular weight excluding hydrogens is 273 g/mol. The molecule has 0 aliphatic carbocycles. The van der Waals surface area contributed by atoms with Gasteiger partial charge in [-0.3, -0.25) is 4.68 Å². The second kappa shape index (κ2) is 4.99. The molecule has 0 spiro atoms. The molecule has 0 aliphatic rings. The highest BCUT2D eigenvalue weighted by Crippen LogP contribution is 2.35. The molecule has 2 aromatic rings. The molecule has 0 saturated heterocycles. The van der Waals surface area contributed by atoms with Gasteiger partial charge in [0.1, 0.15) is 0 Å². The summed E-state index contributed by atoms with van der Waals surface area (Å²) in [6, 6.07) is 4.74. The van der Waals surface area contributed by atoms with Crippen LogP contribution in [0.3, 0.4) is 0 Å². The van der Waals surface area contributed by atoms with Gasteiger partial charge in [-0.05, 0) is 25.1 Å². The zero-order valence-electron chi connectivity index (χ0n) is 10.5. The van der Waals surface area contributed by atoms with Crippen molar-refractivity contribution in [3.8, 4) is 11.3 Å². The minimum atomic E-state index is -4.72. The smallest absolute Gasteiger partial charge is 0.417 e. The highest BCUT2D eigenvalue weighted by Gasteiger charge is 2.35. The van der Waals surface area contributed by atoms with Crippen LogP contribution in [-0.2, 0) is 12.7 Å². The lowest BCUT2D eigenvalue weighted by Gasteiger charge is -2.12. The maximum atomic E-state index is 12.9. The zero-order valence-corrected chi connectivity index (χ0v) is 10.5. The first-order chi connectivity index (χ1) is 9.34. The van der Waals surface area contributed by atoms with E-state index in [0.29, 0.717) is 12.2 Å². The van der Waals surface area contributed by atoms with E-state index in [4.69, 9.17) is 5.11 Å². The van der Waals surface area contributed by atoms with E-state index in [-0.39, 0.29) is 5.56 Å². The number of aryl methyl sites for hydroxylation is 1. The molecule has 1 heterocycles. The second-order valence-corrected chi connectivity index (χ2v) is 4.10. The largest absolute Gasteiger partial charge is 0.478 e. The first-order valence-electron chi connectivity index (χ1n) is 5.81. The van der Waals surface area contributed by atoms with Crippen LogP contribution in [0, 0.1) is 0 Å². The van der Waals surface area contributed by atoms with Crippen molar-refractivity contribution in [3.05, 3.63) is 41.6 Å². The fourth-order valence-corrected chi connectivity index (χ4v) is 1.95. The molecule has 0 unspecified atom stereocenters. The van der Waals surface area contributed by atoms with Crippen LogP contribution in [-0.4, -0.2) is 20.9 Å². The van der Waals surface area contributed by atoms with Crippen LogP contribution >= 0.6 is 0 Å². The summed E-state index contributed by atoms with van der Waals surface area (Å²) in [7, 11) is 0. The van der Waals surface area contributed by atoms with Crippen LogP contribution in [0.4, 0.5) is 13.2 Å². The molecule has 0 atom stereocenters. The van der Waals surface area contributed by atoms with Crippen molar-refractivity contribution in [2.75, 3.05) is 0 Å². The van der Waals surface area contributed by atoms with Gasteiger partial charge in [-0.1, -0.05) is 6.07 Å². The average Bonchev–Trinajstić information content (AvgIpc) is 2.85. The Bertz CT molecular complexity index is 647. The van der Waals surface area contributed by atoms with Gasteiger partial charge in [0, 0.05) is 18.3 Å². The van der Waals surface area contributed by atoms with E-state index in [1.165, 1.54) is 16.9 Å². The average molecular weight is 284 g/mol. The monoisotopic (exact) mass is 284 g/mol. The van der Waals surface area contributed by atoms with Gasteiger partial charge >= 0.3 is 12.1 Å². The number of carboxylic acid groups (broad SMARTS) is 1. The first kappa shape index (κ1) is 14.1. The maximum absolute atomic E-state index is 12.9. The molecule has 1 N–H and O–H groups in total. The Hall–Kier alpha value is -2.31. The van der Waals surface area contributed by atoms with E-state index >= 15 is 0 Å². The van der Waals surface area contributed by atoms with E-state index in [9.17, 15) is 18.0 Å². The maximum Gasteiger partial charge on any atom is 0.417 e. The molecule has 106 valence electrons. The molecule has 0 radical (unpaired) electrons. The molecule has 0 saturated carbocycles. The van der Waals surface area contributed by atoms with Crippen LogP contribution in [0.15, 0.2) is 30.5 Å². The number of hydrogen-bond donors (Lipinski definition) is 1. The molecule has 4 nitrogen and oxygen atoms in total. The van der Waals surface area contributed by atoms with Crippen LogP contribution < -0.4 is 0 Å². The van der Waals surface area contributed by atoms with Crippen LogP contribution in [0.5, 0.6) is 0 Å². The Labute approximate surface area is 112 Å². The minimum absolute atomic E-state index is 0.279. The van der Waals surface area contributed by atoms with Crippen molar-refractivity contribution < 1.29 is 23.1 Å². The summed E-state index contributed by atoms with van der Waals surface area (Å²) in [4.78, 5) is 10.9. The van der Waals surface area contributed by atoms with Gasteiger partial charge in [0.25, 0.3) is 0 Å². The molecule has 0 fully saturated rings. The lowest BCUT2D eigenvalue weighted by molar-refractivity contribution is -0.138. The van der Waals surface area contributed by atoms with Crippen LogP contribution in [0.2, 0.25) is 0 Å². The van der Waals surface area contributed by atoms with Crippen LogP contribution in [0.1, 0.15) is 22.8 Å². The Balaban J connectivity index is 2.61. The van der Waals surface area contributed by atoms with Gasteiger partial charge in [-0.15, -0.1) is 0 Å². The number of hydrogen-bond acceptors (Lipinski definition) is 2. The number of alkyl halides is 3. The van der Waals surface area contributed by atoms with Crippen molar-refractivity contribution in [2.45, 2.75) is 19.6 Å². The van der Waals surface area contributed by atoms with Crippen LogP contribution in [0.25, 0.3) is 11.3 Å². The van der Waals surface area contributed by atoms with Gasteiger partial charge in [-0.2, -0.15) is 18.3 Å². The first-order valence-corrected chi connectivity index (χ1v) is 5.81. The van der Waals surface area contributed by atoms with Gasteiger partial charge in [0.05, 0.1) is 16.8 Å². The van der Waals surface area contributed by atoms with Gasteiger partial charge < -0.3 is 5.11 Å². The Morgan fingerprint density at radius 1 is 1.35 bits per heavy atom. The predicted octanol–water partition coefficient (Wildman–Crippen LogP) is 3.29. The summed E-state index contributed by atoms with van der Waals surface area (Å²) in [5.41, 5.74) is -1.13. The fraction of sp³-hybridized carbons (Fsp3) is 0.231. The molecule has 2 rings (SSSR count). The number of nitrogens with zero attached hydrogens (tertiary/aromatic N) is 2. The van der Waals surface area contributed by atoms with Crippen molar-refractivity contribution in [2.24, 2.45) is 0 Å². The molecule has 0 amide bonds. The molecule has 7 heteroatoms. The van der Waals surface area contributed by atoms with E-state index in [0.717, 1.165) is 12.1 Å². The lowest BCUT2D eigenvalue weighted by atomic mass is 10.0. The van der Waals surface area contributed by atoms with Gasteiger partial charge in [-0.25, -0.2) is 4.79 Å². The quantitative estimate of drug-likeness (QED) is 0.941. The normalized spacial score (nSPS) is 11.6. The van der Waals surface area contributed by atoms with Gasteiger partial charge in [0.15, 0.2) is 0 Å². The number of halogens is 3. The molecule has 0 bridgehead atoms. The third-order valence-corrected chi connectivity index (χ3v) is 2.87. The summed E-state index contributed by atoms with van der Waals surface area (Å²) >= 11 is 0. The number of rotatable bonds is 3. The molecular formula is C13H11F3N2O2. The number of carboxylic acids is 1. The SMILES string of the molecule is CCn1nccc1-c1ccc(C(=O)O)c(C(F)(F)F)c1. The Morgan fingerprint density at radius 3 is 2.60 bits per heavy atom. The minimum Gasteiger partial charge on any atom is -0.478 e. The highest BCUT2D eigenvalue weighted by molar-refractivity contribution is 5.90.